The van der Waals surface area contributed by atoms with Crippen molar-refractivity contribution in [1.82, 2.24) is 4.31 Å². The van der Waals surface area contributed by atoms with E-state index in [-0.39, 0.29) is 19.5 Å². The molecule has 7 heteroatoms. The van der Waals surface area contributed by atoms with Crippen molar-refractivity contribution in [3.8, 4) is 5.75 Å². The molecule has 0 unspecified atom stereocenters. The first-order valence-electron chi connectivity index (χ1n) is 9.18. The first-order valence-corrected chi connectivity index (χ1v) is 10.7. The first kappa shape index (κ1) is 22.6. The molecule has 0 fully saturated rings. The summed E-state index contributed by atoms with van der Waals surface area (Å²) in [7, 11) is -1.25. The molecule has 0 aliphatic carbocycles. The van der Waals surface area contributed by atoms with Crippen LogP contribution in [0.5, 0.6) is 5.75 Å². The SMILES string of the molecule is C=CC[C@H](C(=O)OC)S(=O)(=O)N(Cc1ccc(C)cc1)Cc1ccc(OC)cc1. The zero-order valence-corrected chi connectivity index (χ0v) is 17.8. The zero-order valence-electron chi connectivity index (χ0n) is 17.0. The molecule has 0 aliphatic rings. The number of rotatable bonds is 10. The average molecular weight is 418 g/mol. The monoisotopic (exact) mass is 417 g/mol. The quantitative estimate of drug-likeness (QED) is 0.437. The summed E-state index contributed by atoms with van der Waals surface area (Å²) in [5.41, 5.74) is 2.69. The van der Waals surface area contributed by atoms with E-state index in [1.807, 2.05) is 31.2 Å². The van der Waals surface area contributed by atoms with Crippen molar-refractivity contribution in [3.05, 3.63) is 77.9 Å². The van der Waals surface area contributed by atoms with Gasteiger partial charge in [-0.1, -0.05) is 48.0 Å². The van der Waals surface area contributed by atoms with Crippen LogP contribution in [-0.4, -0.2) is 38.2 Å². The van der Waals surface area contributed by atoms with E-state index in [4.69, 9.17) is 9.47 Å². The third-order valence-corrected chi connectivity index (χ3v) is 6.64. The molecule has 2 aromatic rings. The molecular formula is C22H27NO5S. The third-order valence-electron chi connectivity index (χ3n) is 4.56. The Bertz CT molecular complexity index is 921. The highest BCUT2D eigenvalue weighted by Crippen LogP contribution is 2.22. The van der Waals surface area contributed by atoms with Gasteiger partial charge in [-0.15, -0.1) is 6.58 Å². The van der Waals surface area contributed by atoms with Gasteiger partial charge >= 0.3 is 5.97 Å². The molecule has 0 N–H and O–H groups in total. The molecular weight excluding hydrogens is 390 g/mol. The van der Waals surface area contributed by atoms with E-state index in [9.17, 15) is 13.2 Å². The van der Waals surface area contributed by atoms with Crippen LogP contribution in [0.3, 0.4) is 0 Å². The normalized spacial score (nSPS) is 12.4. The predicted molar refractivity (Wildman–Crippen MR) is 113 cm³/mol. The lowest BCUT2D eigenvalue weighted by molar-refractivity contribution is -0.140. The van der Waals surface area contributed by atoms with Gasteiger partial charge in [-0.25, -0.2) is 8.42 Å². The number of nitrogens with zero attached hydrogens (tertiary/aromatic N) is 1. The van der Waals surface area contributed by atoms with Gasteiger partial charge in [0.2, 0.25) is 10.0 Å². The molecule has 29 heavy (non-hydrogen) atoms. The van der Waals surface area contributed by atoms with E-state index in [2.05, 4.69) is 6.58 Å². The molecule has 2 rings (SSSR count). The summed E-state index contributed by atoms with van der Waals surface area (Å²) in [6, 6.07) is 14.8. The van der Waals surface area contributed by atoms with Crippen LogP contribution in [-0.2, 0) is 32.6 Å². The van der Waals surface area contributed by atoms with Crippen molar-refractivity contribution in [2.45, 2.75) is 31.7 Å². The van der Waals surface area contributed by atoms with E-state index < -0.39 is 21.2 Å². The Morgan fingerprint density at radius 1 is 1.03 bits per heavy atom. The lowest BCUT2D eigenvalue weighted by Gasteiger charge is -2.26. The minimum absolute atomic E-state index is 0.0258. The van der Waals surface area contributed by atoms with Gasteiger partial charge in [-0.2, -0.15) is 4.31 Å². The fraction of sp³-hybridized carbons (Fsp3) is 0.318. The Hall–Kier alpha value is -2.64. The molecule has 0 aliphatic heterocycles. The van der Waals surface area contributed by atoms with E-state index in [0.717, 1.165) is 16.7 Å². The number of methoxy groups -OCH3 is 2. The average Bonchev–Trinajstić information content (AvgIpc) is 2.72. The Labute approximate surface area is 172 Å². The number of benzene rings is 2. The Kier molecular flexibility index (Phi) is 7.99. The second-order valence-electron chi connectivity index (χ2n) is 6.68. The van der Waals surface area contributed by atoms with Gasteiger partial charge in [-0.3, -0.25) is 4.79 Å². The number of sulfonamides is 1. The Balaban J connectivity index is 2.41. The number of ether oxygens (including phenoxy) is 2. The molecule has 0 radical (unpaired) electrons. The maximum Gasteiger partial charge on any atom is 0.325 e. The summed E-state index contributed by atoms with van der Waals surface area (Å²) in [4.78, 5) is 12.2. The Morgan fingerprint density at radius 2 is 1.55 bits per heavy atom. The summed E-state index contributed by atoms with van der Waals surface area (Å²) in [5, 5.41) is -1.34. The minimum atomic E-state index is -4.00. The highest BCUT2D eigenvalue weighted by Gasteiger charge is 2.37. The fourth-order valence-corrected chi connectivity index (χ4v) is 4.61. The van der Waals surface area contributed by atoms with Crippen molar-refractivity contribution in [1.29, 1.82) is 0 Å². The summed E-state index contributed by atoms with van der Waals surface area (Å²) >= 11 is 0. The van der Waals surface area contributed by atoms with Gasteiger partial charge in [-0.05, 0) is 36.6 Å². The lowest BCUT2D eigenvalue weighted by atomic mass is 10.1. The van der Waals surface area contributed by atoms with Crippen LogP contribution >= 0.6 is 0 Å². The van der Waals surface area contributed by atoms with Crippen molar-refractivity contribution in [2.75, 3.05) is 14.2 Å². The number of allylic oxidation sites excluding steroid dienone is 1. The second-order valence-corrected chi connectivity index (χ2v) is 8.80. The van der Waals surface area contributed by atoms with Crippen LogP contribution in [0.4, 0.5) is 0 Å². The fourth-order valence-electron chi connectivity index (χ4n) is 2.87. The summed E-state index contributed by atoms with van der Waals surface area (Å²) in [6.07, 6.45) is 1.39. The lowest BCUT2D eigenvalue weighted by Crippen LogP contribution is -2.42. The number of esters is 1. The number of hydrogen-bond acceptors (Lipinski definition) is 5. The predicted octanol–water partition coefficient (Wildman–Crippen LogP) is 3.45. The highest BCUT2D eigenvalue weighted by atomic mass is 32.2. The molecule has 1 atom stereocenters. The first-order chi connectivity index (χ1) is 13.8. The number of hydrogen-bond donors (Lipinski definition) is 0. The topological polar surface area (TPSA) is 72.9 Å². The van der Waals surface area contributed by atoms with Crippen molar-refractivity contribution >= 4 is 16.0 Å². The molecule has 2 aromatic carbocycles. The molecule has 0 saturated carbocycles. The standard InChI is InChI=1S/C22H27NO5S/c1-5-6-21(22(24)28-4)29(25,26)23(15-18-9-7-17(2)8-10-18)16-19-11-13-20(27-3)14-12-19/h5,7-14,21H,1,6,15-16H2,2-4H3/t21-/m1/s1. The molecule has 0 bridgehead atoms. The largest absolute Gasteiger partial charge is 0.497 e. The number of carbonyl (C=O) groups excluding carboxylic acids is 1. The number of carbonyl (C=O) groups is 1. The zero-order chi connectivity index (χ0) is 21.4. The van der Waals surface area contributed by atoms with Gasteiger partial charge in [0, 0.05) is 13.1 Å². The van der Waals surface area contributed by atoms with E-state index in [1.165, 1.54) is 17.5 Å². The molecule has 0 amide bonds. The van der Waals surface area contributed by atoms with Crippen LogP contribution in [0.1, 0.15) is 23.1 Å². The van der Waals surface area contributed by atoms with E-state index in [1.54, 1.807) is 31.4 Å². The third kappa shape index (κ3) is 5.92. The molecule has 156 valence electrons. The van der Waals surface area contributed by atoms with Crippen LogP contribution in [0.15, 0.2) is 61.2 Å². The van der Waals surface area contributed by atoms with Gasteiger partial charge in [0.1, 0.15) is 5.75 Å². The summed E-state index contributed by atoms with van der Waals surface area (Å²) in [5.74, 6) is -0.116. The maximum atomic E-state index is 13.4. The van der Waals surface area contributed by atoms with Crippen LogP contribution < -0.4 is 4.74 Å². The van der Waals surface area contributed by atoms with E-state index in [0.29, 0.717) is 5.75 Å². The minimum Gasteiger partial charge on any atom is -0.497 e. The van der Waals surface area contributed by atoms with Crippen molar-refractivity contribution < 1.29 is 22.7 Å². The molecule has 0 aromatic heterocycles. The molecule has 6 nitrogen and oxygen atoms in total. The van der Waals surface area contributed by atoms with Crippen LogP contribution in [0.25, 0.3) is 0 Å². The van der Waals surface area contributed by atoms with Crippen LogP contribution in [0, 0.1) is 6.92 Å². The number of aryl methyl sites for hydroxylation is 1. The van der Waals surface area contributed by atoms with Gasteiger partial charge in [0.25, 0.3) is 0 Å². The molecule has 0 saturated heterocycles. The molecule has 0 heterocycles. The van der Waals surface area contributed by atoms with E-state index >= 15 is 0 Å². The van der Waals surface area contributed by atoms with Crippen molar-refractivity contribution in [2.24, 2.45) is 0 Å². The van der Waals surface area contributed by atoms with Gasteiger partial charge in [0.15, 0.2) is 5.25 Å². The highest BCUT2D eigenvalue weighted by molar-refractivity contribution is 7.90. The van der Waals surface area contributed by atoms with Gasteiger partial charge < -0.3 is 9.47 Å². The Morgan fingerprint density at radius 3 is 2.00 bits per heavy atom. The molecule has 0 spiro atoms. The van der Waals surface area contributed by atoms with Crippen molar-refractivity contribution in [3.63, 3.8) is 0 Å². The second kappa shape index (κ2) is 10.2. The maximum absolute atomic E-state index is 13.4. The summed E-state index contributed by atoms with van der Waals surface area (Å²) in [6.45, 7) is 5.80. The van der Waals surface area contributed by atoms with Crippen LogP contribution in [0.2, 0.25) is 0 Å². The smallest absolute Gasteiger partial charge is 0.325 e. The summed E-state index contributed by atoms with van der Waals surface area (Å²) < 4.78 is 38.0. The van der Waals surface area contributed by atoms with Gasteiger partial charge in [0.05, 0.1) is 14.2 Å².